The molecule has 2 aromatic heterocycles. The number of ether oxygens (including phenoxy) is 1. The van der Waals surface area contributed by atoms with Gasteiger partial charge >= 0.3 is 6.03 Å². The van der Waals surface area contributed by atoms with Gasteiger partial charge in [-0.25, -0.2) is 9.78 Å². The van der Waals surface area contributed by atoms with Crippen LogP contribution >= 0.6 is 0 Å². The molecule has 2 amide bonds. The number of amides is 2. The van der Waals surface area contributed by atoms with Crippen molar-refractivity contribution in [1.29, 1.82) is 0 Å². The average molecular weight is 330 g/mol. The summed E-state index contributed by atoms with van der Waals surface area (Å²) in [7, 11) is 0. The van der Waals surface area contributed by atoms with Crippen LogP contribution < -0.4 is 0 Å². The van der Waals surface area contributed by atoms with Gasteiger partial charge in [0.25, 0.3) is 0 Å². The zero-order valence-corrected chi connectivity index (χ0v) is 13.6. The molecule has 4 rings (SSSR count). The van der Waals surface area contributed by atoms with E-state index in [4.69, 9.17) is 4.74 Å². The van der Waals surface area contributed by atoms with Gasteiger partial charge in [0, 0.05) is 63.4 Å². The lowest BCUT2D eigenvalue weighted by Crippen LogP contribution is -2.49. The highest BCUT2D eigenvalue weighted by Gasteiger charge is 2.29. The summed E-state index contributed by atoms with van der Waals surface area (Å²) in [5.41, 5.74) is 0. The van der Waals surface area contributed by atoms with Gasteiger partial charge in [-0.2, -0.15) is 5.10 Å². The van der Waals surface area contributed by atoms with Crippen molar-refractivity contribution in [3.05, 3.63) is 36.7 Å². The Morgan fingerprint density at radius 1 is 1.17 bits per heavy atom. The smallest absolute Gasteiger partial charge is 0.320 e. The second kappa shape index (κ2) is 6.64. The molecule has 8 heteroatoms. The maximum absolute atomic E-state index is 12.9. The first-order chi connectivity index (χ1) is 11.8. The molecule has 0 bridgehead atoms. The van der Waals surface area contributed by atoms with E-state index in [1.807, 2.05) is 39.1 Å². The van der Waals surface area contributed by atoms with Gasteiger partial charge in [0.1, 0.15) is 5.82 Å². The maximum atomic E-state index is 12.9. The summed E-state index contributed by atoms with van der Waals surface area (Å²) in [6.45, 7) is 5.45. The topological polar surface area (TPSA) is 68.4 Å². The Morgan fingerprint density at radius 2 is 2.04 bits per heavy atom. The van der Waals surface area contributed by atoms with Crippen molar-refractivity contribution < 1.29 is 9.53 Å². The minimum Gasteiger partial charge on any atom is -0.378 e. The van der Waals surface area contributed by atoms with Crippen molar-refractivity contribution in [3.63, 3.8) is 0 Å². The van der Waals surface area contributed by atoms with E-state index < -0.39 is 0 Å². The van der Waals surface area contributed by atoms with Crippen molar-refractivity contribution in [3.8, 4) is 0 Å². The van der Waals surface area contributed by atoms with E-state index in [0.717, 1.165) is 18.9 Å². The van der Waals surface area contributed by atoms with Crippen molar-refractivity contribution in [1.82, 2.24) is 29.1 Å². The van der Waals surface area contributed by atoms with Crippen LogP contribution in [-0.4, -0.2) is 68.0 Å². The highest BCUT2D eigenvalue weighted by molar-refractivity contribution is 5.74. The van der Waals surface area contributed by atoms with Gasteiger partial charge in [0.2, 0.25) is 0 Å². The fourth-order valence-corrected chi connectivity index (χ4v) is 3.43. The standard InChI is InChI=1S/C16H22N6O2/c23-16(19-6-8-24-9-7-19)21-11-14(12-22-4-1-2-18-22)10-20-5-3-17-15(20)13-21/h1-5,14H,6-13H2. The molecule has 2 aromatic rings. The molecule has 0 aromatic carbocycles. The van der Waals surface area contributed by atoms with Gasteiger partial charge in [-0.3, -0.25) is 4.68 Å². The second-order valence-corrected chi connectivity index (χ2v) is 6.35. The predicted octanol–water partition coefficient (Wildman–Crippen LogP) is 0.664. The number of nitrogens with zero attached hydrogens (tertiary/aromatic N) is 6. The summed E-state index contributed by atoms with van der Waals surface area (Å²) < 4.78 is 9.44. The summed E-state index contributed by atoms with van der Waals surface area (Å²) in [6.07, 6.45) is 7.56. The van der Waals surface area contributed by atoms with E-state index in [0.29, 0.717) is 45.3 Å². The van der Waals surface area contributed by atoms with Crippen LogP contribution in [0.1, 0.15) is 5.82 Å². The molecule has 0 N–H and O–H groups in total. The van der Waals surface area contributed by atoms with E-state index in [2.05, 4.69) is 14.6 Å². The van der Waals surface area contributed by atoms with Gasteiger partial charge in [-0.1, -0.05) is 0 Å². The largest absolute Gasteiger partial charge is 0.378 e. The van der Waals surface area contributed by atoms with Gasteiger partial charge in [0.05, 0.1) is 19.8 Å². The van der Waals surface area contributed by atoms with E-state index in [1.165, 1.54) is 0 Å². The maximum Gasteiger partial charge on any atom is 0.320 e. The Bertz CT molecular complexity index is 677. The minimum absolute atomic E-state index is 0.0835. The summed E-state index contributed by atoms with van der Waals surface area (Å²) in [4.78, 5) is 21.2. The Labute approximate surface area is 140 Å². The SMILES string of the molecule is O=C(N1CCOCC1)N1Cc2nccn2CC(Cn2cccn2)C1. The molecule has 0 spiro atoms. The van der Waals surface area contributed by atoms with Crippen LogP contribution in [0.3, 0.4) is 0 Å². The Hall–Kier alpha value is -2.35. The number of hydrogen-bond acceptors (Lipinski definition) is 4. The van der Waals surface area contributed by atoms with E-state index in [1.54, 1.807) is 6.20 Å². The predicted molar refractivity (Wildman–Crippen MR) is 86.1 cm³/mol. The molecule has 8 nitrogen and oxygen atoms in total. The second-order valence-electron chi connectivity index (χ2n) is 6.35. The molecule has 2 aliphatic heterocycles. The summed E-state index contributed by atoms with van der Waals surface area (Å²) >= 11 is 0. The fourth-order valence-electron chi connectivity index (χ4n) is 3.43. The number of carbonyl (C=O) groups is 1. The Morgan fingerprint density at radius 3 is 2.83 bits per heavy atom. The monoisotopic (exact) mass is 330 g/mol. The van der Waals surface area contributed by atoms with Crippen LogP contribution in [0, 0.1) is 5.92 Å². The summed E-state index contributed by atoms with van der Waals surface area (Å²) in [5, 5.41) is 4.31. The van der Waals surface area contributed by atoms with E-state index >= 15 is 0 Å². The van der Waals surface area contributed by atoms with E-state index in [-0.39, 0.29) is 6.03 Å². The van der Waals surface area contributed by atoms with Crippen LogP contribution in [0.5, 0.6) is 0 Å². The normalized spacial score (nSPS) is 21.4. The number of rotatable bonds is 2. The molecule has 0 radical (unpaired) electrons. The van der Waals surface area contributed by atoms with Crippen LogP contribution in [0.25, 0.3) is 0 Å². The van der Waals surface area contributed by atoms with Gasteiger partial charge in [-0.15, -0.1) is 0 Å². The zero-order chi connectivity index (χ0) is 16.4. The molecular formula is C16H22N6O2. The molecule has 0 saturated carbocycles. The lowest BCUT2D eigenvalue weighted by molar-refractivity contribution is 0.0411. The Balaban J connectivity index is 1.53. The molecule has 1 fully saturated rings. The number of carbonyl (C=O) groups excluding carboxylic acids is 1. The first-order valence-corrected chi connectivity index (χ1v) is 8.38. The highest BCUT2D eigenvalue weighted by atomic mass is 16.5. The van der Waals surface area contributed by atoms with Crippen LogP contribution in [0.4, 0.5) is 4.79 Å². The highest BCUT2D eigenvalue weighted by Crippen LogP contribution is 2.18. The molecule has 24 heavy (non-hydrogen) atoms. The van der Waals surface area contributed by atoms with E-state index in [9.17, 15) is 4.79 Å². The van der Waals surface area contributed by atoms with Gasteiger partial charge in [0.15, 0.2) is 0 Å². The van der Waals surface area contributed by atoms with Gasteiger partial charge in [-0.05, 0) is 6.07 Å². The third kappa shape index (κ3) is 3.14. The molecule has 1 atom stereocenters. The van der Waals surface area contributed by atoms with Crippen molar-refractivity contribution in [2.75, 3.05) is 32.8 Å². The van der Waals surface area contributed by atoms with Crippen LogP contribution in [0.15, 0.2) is 30.9 Å². The molecular weight excluding hydrogens is 308 g/mol. The number of fused-ring (bicyclic) bond motifs is 1. The number of hydrogen-bond donors (Lipinski definition) is 0. The summed E-state index contributed by atoms with van der Waals surface area (Å²) in [5.74, 6) is 1.24. The van der Waals surface area contributed by atoms with Gasteiger partial charge < -0.3 is 19.1 Å². The van der Waals surface area contributed by atoms with Crippen molar-refractivity contribution >= 4 is 6.03 Å². The first-order valence-electron chi connectivity index (χ1n) is 8.38. The molecule has 0 aliphatic carbocycles. The quantitative estimate of drug-likeness (QED) is 0.811. The minimum atomic E-state index is 0.0835. The fraction of sp³-hybridized carbons (Fsp3) is 0.562. The number of imidazole rings is 1. The number of urea groups is 1. The van der Waals surface area contributed by atoms with Crippen LogP contribution in [0.2, 0.25) is 0 Å². The third-order valence-corrected chi connectivity index (χ3v) is 4.62. The molecule has 1 unspecified atom stereocenters. The molecule has 1 saturated heterocycles. The zero-order valence-electron chi connectivity index (χ0n) is 13.6. The molecule has 4 heterocycles. The van der Waals surface area contributed by atoms with Crippen molar-refractivity contribution in [2.24, 2.45) is 5.92 Å². The average Bonchev–Trinajstić information content (AvgIpc) is 3.24. The number of morpholine rings is 1. The van der Waals surface area contributed by atoms with Crippen molar-refractivity contribution in [2.45, 2.75) is 19.6 Å². The molecule has 2 aliphatic rings. The Kier molecular flexibility index (Phi) is 4.20. The molecule has 128 valence electrons. The first kappa shape index (κ1) is 15.2. The third-order valence-electron chi connectivity index (χ3n) is 4.62. The lowest BCUT2D eigenvalue weighted by atomic mass is 10.1. The number of aromatic nitrogens is 4. The van der Waals surface area contributed by atoms with Crippen LogP contribution in [-0.2, 0) is 24.4 Å². The lowest BCUT2D eigenvalue weighted by Gasteiger charge is -2.33. The summed E-state index contributed by atoms with van der Waals surface area (Å²) in [6, 6.07) is 2.01.